The van der Waals surface area contributed by atoms with Crippen LogP contribution in [-0.4, -0.2) is 44.3 Å². The van der Waals surface area contributed by atoms with Gasteiger partial charge in [0.2, 0.25) is 5.82 Å². The highest BCUT2D eigenvalue weighted by molar-refractivity contribution is 5.91. The van der Waals surface area contributed by atoms with E-state index >= 15 is 0 Å². The van der Waals surface area contributed by atoms with Crippen LogP contribution in [-0.2, 0) is 0 Å². The highest BCUT2D eigenvalue weighted by atomic mass is 19.4. The van der Waals surface area contributed by atoms with Crippen LogP contribution in [0.15, 0.2) is 24.3 Å². The molecule has 1 aliphatic carbocycles. The largest absolute Gasteiger partial charge is 0.406 e. The highest BCUT2D eigenvalue weighted by Crippen LogP contribution is 2.31. The number of halogens is 4. The molecule has 9 heteroatoms. The van der Waals surface area contributed by atoms with Gasteiger partial charge in [0.05, 0.1) is 5.69 Å². The molecule has 3 rings (SSSR count). The van der Waals surface area contributed by atoms with E-state index in [9.17, 15) is 22.4 Å². The first kappa shape index (κ1) is 16.4. The summed E-state index contributed by atoms with van der Waals surface area (Å²) in [6.45, 7) is 0.249. The van der Waals surface area contributed by atoms with Gasteiger partial charge in [0.25, 0.3) is 5.91 Å². The minimum absolute atomic E-state index is 0.298. The molecular formula is C15H14F4N4O. The minimum atomic E-state index is -4.48. The van der Waals surface area contributed by atoms with Crippen LogP contribution < -0.4 is 0 Å². The van der Waals surface area contributed by atoms with Gasteiger partial charge >= 0.3 is 6.18 Å². The molecule has 0 bridgehead atoms. The summed E-state index contributed by atoms with van der Waals surface area (Å²) in [6.07, 6.45) is -3.40. The second-order valence-corrected chi connectivity index (χ2v) is 5.65. The summed E-state index contributed by atoms with van der Waals surface area (Å²) in [4.78, 5) is 17.1. The summed E-state index contributed by atoms with van der Waals surface area (Å²) >= 11 is 0. The van der Waals surface area contributed by atoms with Crippen molar-refractivity contribution in [1.29, 1.82) is 0 Å². The zero-order chi connectivity index (χ0) is 17.5. The smallest absolute Gasteiger partial charge is 0.324 e. The van der Waals surface area contributed by atoms with E-state index in [1.807, 2.05) is 0 Å². The van der Waals surface area contributed by atoms with Crippen molar-refractivity contribution in [3.05, 3.63) is 41.7 Å². The fourth-order valence-electron chi connectivity index (χ4n) is 2.38. The number of amides is 1. The van der Waals surface area contributed by atoms with Gasteiger partial charge in [-0.1, -0.05) is 0 Å². The molecule has 1 heterocycles. The Bertz CT molecular complexity index is 750. The Labute approximate surface area is 134 Å². The molecule has 0 saturated heterocycles. The molecule has 1 saturated carbocycles. The lowest BCUT2D eigenvalue weighted by Crippen LogP contribution is -2.41. The predicted octanol–water partition coefficient (Wildman–Crippen LogP) is 2.88. The zero-order valence-corrected chi connectivity index (χ0v) is 12.7. The van der Waals surface area contributed by atoms with Gasteiger partial charge in [-0.25, -0.2) is 14.1 Å². The van der Waals surface area contributed by atoms with Crippen LogP contribution in [0, 0.1) is 12.7 Å². The molecule has 24 heavy (non-hydrogen) atoms. The second kappa shape index (κ2) is 5.88. The first-order valence-electron chi connectivity index (χ1n) is 7.32. The Morgan fingerprint density at radius 2 is 1.92 bits per heavy atom. The Kier molecular flexibility index (Phi) is 4.02. The van der Waals surface area contributed by atoms with Crippen molar-refractivity contribution in [1.82, 2.24) is 19.7 Å². The van der Waals surface area contributed by atoms with Crippen LogP contribution in [0.4, 0.5) is 17.6 Å². The number of hydrogen-bond donors (Lipinski definition) is 0. The number of aromatic nitrogens is 3. The zero-order valence-electron chi connectivity index (χ0n) is 12.7. The number of hydrogen-bond acceptors (Lipinski definition) is 3. The van der Waals surface area contributed by atoms with Crippen LogP contribution in [0.25, 0.3) is 5.69 Å². The second-order valence-electron chi connectivity index (χ2n) is 5.65. The van der Waals surface area contributed by atoms with Gasteiger partial charge in [-0.05, 0) is 44.0 Å². The summed E-state index contributed by atoms with van der Waals surface area (Å²) in [5.74, 6) is -1.25. The average molecular weight is 342 g/mol. The van der Waals surface area contributed by atoms with Gasteiger partial charge in [-0.3, -0.25) is 4.79 Å². The fraction of sp³-hybridized carbons (Fsp3) is 0.400. The molecule has 0 N–H and O–H groups in total. The maximum atomic E-state index is 13.0. The molecule has 1 aromatic carbocycles. The van der Waals surface area contributed by atoms with Crippen molar-refractivity contribution in [2.45, 2.75) is 32.0 Å². The third-order valence-corrected chi connectivity index (χ3v) is 3.63. The fourth-order valence-corrected chi connectivity index (χ4v) is 2.38. The normalized spacial score (nSPS) is 14.7. The van der Waals surface area contributed by atoms with Crippen molar-refractivity contribution >= 4 is 5.91 Å². The molecule has 5 nitrogen and oxygen atoms in total. The maximum absolute atomic E-state index is 13.0. The highest BCUT2D eigenvalue weighted by Gasteiger charge is 2.42. The minimum Gasteiger partial charge on any atom is -0.324 e. The Balaban J connectivity index is 1.87. The van der Waals surface area contributed by atoms with Crippen LogP contribution in [0.5, 0.6) is 0 Å². The van der Waals surface area contributed by atoms with Gasteiger partial charge in [-0.15, -0.1) is 5.10 Å². The van der Waals surface area contributed by atoms with E-state index in [0.29, 0.717) is 24.4 Å². The van der Waals surface area contributed by atoms with E-state index in [-0.39, 0.29) is 5.82 Å². The number of aryl methyl sites for hydroxylation is 1. The van der Waals surface area contributed by atoms with Crippen molar-refractivity contribution in [2.24, 2.45) is 0 Å². The number of nitrogens with zero attached hydrogens (tertiary/aromatic N) is 4. The molecule has 1 aromatic heterocycles. The van der Waals surface area contributed by atoms with Gasteiger partial charge < -0.3 is 4.90 Å². The third-order valence-electron chi connectivity index (χ3n) is 3.63. The van der Waals surface area contributed by atoms with Gasteiger partial charge in [0.15, 0.2) is 0 Å². The van der Waals surface area contributed by atoms with Crippen molar-refractivity contribution < 1.29 is 22.4 Å². The molecule has 0 spiro atoms. The Morgan fingerprint density at radius 1 is 1.29 bits per heavy atom. The number of benzene rings is 1. The van der Waals surface area contributed by atoms with E-state index in [2.05, 4.69) is 10.1 Å². The lowest BCUT2D eigenvalue weighted by Gasteiger charge is -2.22. The topological polar surface area (TPSA) is 51.0 Å². The van der Waals surface area contributed by atoms with E-state index in [1.165, 1.54) is 28.9 Å². The molecule has 128 valence electrons. The predicted molar refractivity (Wildman–Crippen MR) is 76.2 cm³/mol. The van der Waals surface area contributed by atoms with Crippen molar-refractivity contribution in [3.63, 3.8) is 0 Å². The number of rotatable bonds is 4. The Morgan fingerprint density at radius 3 is 2.46 bits per heavy atom. The van der Waals surface area contributed by atoms with Crippen molar-refractivity contribution in [3.8, 4) is 5.69 Å². The number of carbonyl (C=O) groups excluding carboxylic acids is 1. The van der Waals surface area contributed by atoms with E-state index < -0.39 is 30.5 Å². The first-order valence-corrected chi connectivity index (χ1v) is 7.32. The first-order chi connectivity index (χ1) is 11.2. The summed E-state index contributed by atoms with van der Waals surface area (Å²) in [5.41, 5.74) is 0.467. The molecular weight excluding hydrogens is 328 g/mol. The maximum Gasteiger partial charge on any atom is 0.406 e. The lowest BCUT2D eigenvalue weighted by molar-refractivity contribution is -0.141. The number of carbonyl (C=O) groups is 1. The molecule has 2 aromatic rings. The monoisotopic (exact) mass is 342 g/mol. The van der Waals surface area contributed by atoms with E-state index in [0.717, 1.165) is 4.90 Å². The van der Waals surface area contributed by atoms with Gasteiger partial charge in [-0.2, -0.15) is 13.2 Å². The molecule has 1 amide bonds. The molecule has 1 aliphatic rings. The van der Waals surface area contributed by atoms with Crippen molar-refractivity contribution in [2.75, 3.05) is 6.54 Å². The summed E-state index contributed by atoms with van der Waals surface area (Å²) in [5, 5.41) is 4.00. The molecule has 0 atom stereocenters. The van der Waals surface area contributed by atoms with Crippen LogP contribution in [0.2, 0.25) is 0 Å². The summed E-state index contributed by atoms with van der Waals surface area (Å²) in [7, 11) is 0. The third kappa shape index (κ3) is 3.55. The standard InChI is InChI=1S/C15H14F4N4O/c1-9-20-13(21-23(9)12-4-2-10(16)3-5-12)14(24)22(11-6-7-11)8-15(17,18)19/h2-5,11H,6-8H2,1H3. The lowest BCUT2D eigenvalue weighted by atomic mass is 10.3. The molecule has 0 unspecified atom stereocenters. The van der Waals surface area contributed by atoms with Gasteiger partial charge in [0.1, 0.15) is 18.2 Å². The van der Waals surface area contributed by atoms with E-state index in [4.69, 9.17) is 0 Å². The summed E-state index contributed by atoms with van der Waals surface area (Å²) in [6, 6.07) is 4.91. The average Bonchev–Trinajstić information content (AvgIpc) is 3.27. The van der Waals surface area contributed by atoms with Gasteiger partial charge in [0, 0.05) is 6.04 Å². The van der Waals surface area contributed by atoms with Crippen LogP contribution in [0.1, 0.15) is 29.3 Å². The SMILES string of the molecule is Cc1nc(C(=O)N(CC(F)(F)F)C2CC2)nn1-c1ccc(F)cc1. The molecule has 0 aliphatic heterocycles. The summed E-state index contributed by atoms with van der Waals surface area (Å²) < 4.78 is 52.3. The van der Waals surface area contributed by atoms with Crippen LogP contribution >= 0.6 is 0 Å². The molecule has 1 fully saturated rings. The van der Waals surface area contributed by atoms with E-state index in [1.54, 1.807) is 6.92 Å². The quantitative estimate of drug-likeness (QED) is 0.803. The number of alkyl halides is 3. The van der Waals surface area contributed by atoms with Crippen LogP contribution in [0.3, 0.4) is 0 Å². The molecule has 0 radical (unpaired) electrons. The Hall–Kier alpha value is -2.45.